The number of amides is 2. The normalized spacial score (nSPS) is 15.7. The molecule has 138 valence electrons. The number of carbonyl (C=O) groups is 2. The van der Waals surface area contributed by atoms with Gasteiger partial charge in [-0.2, -0.15) is 4.31 Å². The van der Waals surface area contributed by atoms with Gasteiger partial charge < -0.3 is 9.42 Å². The van der Waals surface area contributed by atoms with Crippen molar-refractivity contribution >= 4 is 27.7 Å². The van der Waals surface area contributed by atoms with E-state index in [1.807, 2.05) is 0 Å². The first-order valence-electron chi connectivity index (χ1n) is 7.97. The maximum atomic E-state index is 12.6. The van der Waals surface area contributed by atoms with Crippen LogP contribution in [0.5, 0.6) is 0 Å². The smallest absolute Gasteiger partial charge is 0.315 e. The number of sulfonamides is 1. The number of hydrogen-bond donors (Lipinski definition) is 1. The summed E-state index contributed by atoms with van der Waals surface area (Å²) in [6, 6.07) is 9.60. The molecule has 2 aromatic rings. The van der Waals surface area contributed by atoms with Crippen LogP contribution >= 0.6 is 0 Å². The van der Waals surface area contributed by atoms with Crippen LogP contribution in [0.2, 0.25) is 0 Å². The van der Waals surface area contributed by atoms with Crippen LogP contribution in [0.15, 0.2) is 45.8 Å². The van der Waals surface area contributed by atoms with Gasteiger partial charge in [0.05, 0.1) is 4.90 Å². The number of anilines is 1. The molecule has 1 fully saturated rings. The molecule has 2 heterocycles. The van der Waals surface area contributed by atoms with Crippen LogP contribution in [0.25, 0.3) is 0 Å². The molecule has 1 aromatic carbocycles. The number of aromatic nitrogens is 1. The Kier molecular flexibility index (Phi) is 5.05. The Bertz CT molecular complexity index is 902. The highest BCUT2D eigenvalue weighted by Crippen LogP contribution is 2.17. The van der Waals surface area contributed by atoms with Crippen LogP contribution in [0.3, 0.4) is 0 Å². The summed E-state index contributed by atoms with van der Waals surface area (Å²) in [5.41, 5.74) is 0. The lowest BCUT2D eigenvalue weighted by atomic mass is 10.3. The molecule has 1 saturated heterocycles. The zero-order chi connectivity index (χ0) is 18.7. The van der Waals surface area contributed by atoms with E-state index in [2.05, 4.69) is 10.5 Å². The second kappa shape index (κ2) is 7.26. The first-order chi connectivity index (χ1) is 12.4. The van der Waals surface area contributed by atoms with Crippen molar-refractivity contribution in [3.63, 3.8) is 0 Å². The number of nitrogens with one attached hydrogen (secondary N) is 1. The van der Waals surface area contributed by atoms with Crippen molar-refractivity contribution in [2.24, 2.45) is 0 Å². The van der Waals surface area contributed by atoms with Gasteiger partial charge in [-0.1, -0.05) is 23.4 Å². The van der Waals surface area contributed by atoms with Gasteiger partial charge in [0.2, 0.25) is 10.0 Å². The number of nitrogens with zero attached hydrogens (tertiary/aromatic N) is 3. The SMILES string of the molecule is Cc1cc(NC(=O)C(=O)N2CCN(S(=O)(=O)c3ccccc3)CC2)no1. The van der Waals surface area contributed by atoms with E-state index >= 15 is 0 Å². The Morgan fingerprint density at radius 3 is 2.35 bits per heavy atom. The number of piperazine rings is 1. The molecule has 0 bridgehead atoms. The molecule has 1 aliphatic rings. The van der Waals surface area contributed by atoms with Crippen molar-refractivity contribution in [1.29, 1.82) is 0 Å². The van der Waals surface area contributed by atoms with E-state index in [1.165, 1.54) is 27.4 Å². The predicted octanol–water partition coefficient (Wildman–Crippen LogP) is 0.455. The van der Waals surface area contributed by atoms with E-state index in [0.717, 1.165) is 0 Å². The number of aryl methyl sites for hydroxylation is 1. The second-order valence-corrected chi connectivity index (χ2v) is 7.72. The van der Waals surface area contributed by atoms with Gasteiger partial charge in [-0.25, -0.2) is 8.42 Å². The van der Waals surface area contributed by atoms with Crippen molar-refractivity contribution in [2.45, 2.75) is 11.8 Å². The summed E-state index contributed by atoms with van der Waals surface area (Å²) in [5.74, 6) is -0.904. The average molecular weight is 378 g/mol. The maximum absolute atomic E-state index is 12.6. The van der Waals surface area contributed by atoms with Gasteiger partial charge in [-0.15, -0.1) is 0 Å². The predicted molar refractivity (Wildman–Crippen MR) is 91.7 cm³/mol. The Labute approximate surface area is 150 Å². The summed E-state index contributed by atoms with van der Waals surface area (Å²) in [4.78, 5) is 25.8. The molecule has 9 nitrogen and oxygen atoms in total. The van der Waals surface area contributed by atoms with Gasteiger partial charge in [0, 0.05) is 32.2 Å². The van der Waals surface area contributed by atoms with E-state index in [4.69, 9.17) is 4.52 Å². The zero-order valence-corrected chi connectivity index (χ0v) is 14.9. The average Bonchev–Trinajstić information content (AvgIpc) is 3.06. The molecule has 1 N–H and O–H groups in total. The molecule has 0 atom stereocenters. The summed E-state index contributed by atoms with van der Waals surface area (Å²) < 4.78 is 31.3. The van der Waals surface area contributed by atoms with Crippen LogP contribution in [-0.2, 0) is 19.6 Å². The highest BCUT2D eigenvalue weighted by molar-refractivity contribution is 7.89. The van der Waals surface area contributed by atoms with Crippen molar-refractivity contribution in [3.8, 4) is 0 Å². The Morgan fingerprint density at radius 2 is 1.77 bits per heavy atom. The summed E-state index contributed by atoms with van der Waals surface area (Å²) in [6.07, 6.45) is 0. The molecule has 0 saturated carbocycles. The summed E-state index contributed by atoms with van der Waals surface area (Å²) in [7, 11) is -3.60. The molecule has 10 heteroatoms. The number of hydrogen-bond acceptors (Lipinski definition) is 6. The van der Waals surface area contributed by atoms with Crippen LogP contribution in [0, 0.1) is 6.92 Å². The minimum Gasteiger partial charge on any atom is -0.360 e. The topological polar surface area (TPSA) is 113 Å². The standard InChI is InChI=1S/C16H18N4O5S/c1-12-11-14(18-25-12)17-15(21)16(22)19-7-9-20(10-8-19)26(23,24)13-5-3-2-4-6-13/h2-6,11H,7-10H2,1H3,(H,17,18,21). The molecule has 2 amide bonds. The van der Waals surface area contributed by atoms with Gasteiger partial charge >= 0.3 is 11.8 Å². The minimum absolute atomic E-state index is 0.124. The Hall–Kier alpha value is -2.72. The highest BCUT2D eigenvalue weighted by atomic mass is 32.2. The van der Waals surface area contributed by atoms with Gasteiger partial charge in [0.1, 0.15) is 5.76 Å². The fourth-order valence-corrected chi connectivity index (χ4v) is 4.06. The van der Waals surface area contributed by atoms with E-state index in [0.29, 0.717) is 5.76 Å². The molecule has 26 heavy (non-hydrogen) atoms. The summed E-state index contributed by atoms with van der Waals surface area (Å²) in [5, 5.41) is 5.96. The third kappa shape index (κ3) is 3.75. The number of benzene rings is 1. The highest BCUT2D eigenvalue weighted by Gasteiger charge is 2.32. The molecule has 0 spiro atoms. The Balaban J connectivity index is 1.59. The number of carbonyl (C=O) groups excluding carboxylic acids is 2. The molecule has 1 aromatic heterocycles. The molecular formula is C16H18N4O5S. The zero-order valence-electron chi connectivity index (χ0n) is 14.1. The minimum atomic E-state index is -3.60. The van der Waals surface area contributed by atoms with E-state index in [1.54, 1.807) is 25.1 Å². The summed E-state index contributed by atoms with van der Waals surface area (Å²) in [6.45, 7) is 2.18. The van der Waals surface area contributed by atoms with Crippen molar-refractivity contribution in [2.75, 3.05) is 31.5 Å². The van der Waals surface area contributed by atoms with Crippen LogP contribution in [-0.4, -0.2) is 60.8 Å². The van der Waals surface area contributed by atoms with E-state index in [-0.39, 0.29) is 36.9 Å². The first kappa shape index (κ1) is 18.1. The third-order valence-electron chi connectivity index (χ3n) is 3.97. The fraction of sp³-hybridized carbons (Fsp3) is 0.312. The van der Waals surface area contributed by atoms with Gasteiger partial charge in [-0.05, 0) is 19.1 Å². The largest absolute Gasteiger partial charge is 0.360 e. The summed E-state index contributed by atoms with van der Waals surface area (Å²) >= 11 is 0. The lowest BCUT2D eigenvalue weighted by Gasteiger charge is -2.33. The van der Waals surface area contributed by atoms with E-state index < -0.39 is 21.8 Å². The molecule has 3 rings (SSSR count). The van der Waals surface area contributed by atoms with Crippen LogP contribution < -0.4 is 5.32 Å². The molecule has 0 aliphatic carbocycles. The molecule has 1 aliphatic heterocycles. The molecule has 0 unspecified atom stereocenters. The lowest BCUT2D eigenvalue weighted by Crippen LogP contribution is -2.52. The van der Waals surface area contributed by atoms with Gasteiger partial charge in [0.25, 0.3) is 0 Å². The molecular weight excluding hydrogens is 360 g/mol. The molecule has 0 radical (unpaired) electrons. The quantitative estimate of drug-likeness (QED) is 0.776. The van der Waals surface area contributed by atoms with Gasteiger partial charge in [-0.3, -0.25) is 14.9 Å². The third-order valence-corrected chi connectivity index (χ3v) is 5.88. The van der Waals surface area contributed by atoms with Crippen molar-refractivity contribution in [1.82, 2.24) is 14.4 Å². The maximum Gasteiger partial charge on any atom is 0.315 e. The lowest BCUT2D eigenvalue weighted by molar-refractivity contribution is -0.143. The second-order valence-electron chi connectivity index (χ2n) is 5.79. The fourth-order valence-electron chi connectivity index (χ4n) is 2.61. The Morgan fingerprint density at radius 1 is 1.12 bits per heavy atom. The monoisotopic (exact) mass is 378 g/mol. The first-order valence-corrected chi connectivity index (χ1v) is 9.41. The van der Waals surface area contributed by atoms with Gasteiger partial charge in [0.15, 0.2) is 5.82 Å². The van der Waals surface area contributed by atoms with E-state index in [9.17, 15) is 18.0 Å². The van der Waals surface area contributed by atoms with Crippen molar-refractivity contribution < 1.29 is 22.5 Å². The van der Waals surface area contributed by atoms with Crippen LogP contribution in [0.1, 0.15) is 5.76 Å². The number of rotatable bonds is 3. The van der Waals surface area contributed by atoms with Crippen molar-refractivity contribution in [3.05, 3.63) is 42.2 Å². The van der Waals surface area contributed by atoms with Crippen LogP contribution in [0.4, 0.5) is 5.82 Å².